The SMILES string of the molecule is COc1ccc(Cl)c2c1CCC(CNC1CCCCC1)C2=O.Cl. The van der Waals surface area contributed by atoms with E-state index in [1.54, 1.807) is 13.2 Å². The number of ketones is 1. The van der Waals surface area contributed by atoms with Crippen LogP contribution in [0.15, 0.2) is 12.1 Å². The number of methoxy groups -OCH3 is 1. The van der Waals surface area contributed by atoms with Crippen molar-refractivity contribution in [3.63, 3.8) is 0 Å². The molecule has 0 spiro atoms. The van der Waals surface area contributed by atoms with Crippen molar-refractivity contribution >= 4 is 29.8 Å². The molecule has 1 unspecified atom stereocenters. The molecule has 0 aliphatic heterocycles. The lowest BCUT2D eigenvalue weighted by atomic mass is 9.82. The average Bonchev–Trinajstić information content (AvgIpc) is 2.55. The summed E-state index contributed by atoms with van der Waals surface area (Å²) in [5, 5.41) is 4.16. The van der Waals surface area contributed by atoms with E-state index in [2.05, 4.69) is 5.32 Å². The number of carbonyl (C=O) groups is 1. The molecule has 1 fully saturated rings. The molecule has 0 heterocycles. The Kier molecular flexibility index (Phi) is 6.75. The molecular formula is C18H25Cl2NO2. The molecule has 0 aromatic heterocycles. The fourth-order valence-electron chi connectivity index (χ4n) is 3.77. The van der Waals surface area contributed by atoms with Crippen LogP contribution in [0.2, 0.25) is 5.02 Å². The largest absolute Gasteiger partial charge is 0.496 e. The Hall–Kier alpha value is -0.770. The van der Waals surface area contributed by atoms with Gasteiger partial charge < -0.3 is 10.1 Å². The van der Waals surface area contributed by atoms with E-state index in [4.69, 9.17) is 16.3 Å². The molecule has 3 rings (SSSR count). The number of carbonyl (C=O) groups excluding carboxylic acids is 1. The number of nitrogens with one attached hydrogen (secondary N) is 1. The van der Waals surface area contributed by atoms with Gasteiger partial charge >= 0.3 is 0 Å². The predicted molar refractivity (Wildman–Crippen MR) is 96.3 cm³/mol. The van der Waals surface area contributed by atoms with E-state index in [9.17, 15) is 4.79 Å². The third-order valence-electron chi connectivity index (χ3n) is 5.06. The number of halogens is 2. The fraction of sp³-hybridized carbons (Fsp3) is 0.611. The van der Waals surface area contributed by atoms with Gasteiger partial charge in [0.1, 0.15) is 5.75 Å². The highest BCUT2D eigenvalue weighted by molar-refractivity contribution is 6.34. The second kappa shape index (κ2) is 8.36. The zero-order chi connectivity index (χ0) is 15.5. The molecular weight excluding hydrogens is 333 g/mol. The van der Waals surface area contributed by atoms with Gasteiger partial charge in [-0.1, -0.05) is 30.9 Å². The van der Waals surface area contributed by atoms with Gasteiger partial charge in [-0.25, -0.2) is 0 Å². The molecule has 2 aliphatic carbocycles. The van der Waals surface area contributed by atoms with Gasteiger partial charge in [0.2, 0.25) is 0 Å². The summed E-state index contributed by atoms with van der Waals surface area (Å²) >= 11 is 6.28. The van der Waals surface area contributed by atoms with E-state index in [-0.39, 0.29) is 24.1 Å². The van der Waals surface area contributed by atoms with Crippen molar-refractivity contribution in [1.82, 2.24) is 5.32 Å². The Morgan fingerprint density at radius 3 is 2.65 bits per heavy atom. The standard InChI is InChI=1S/C18H24ClNO2.ClH/c1-22-16-10-9-15(19)17-14(16)8-7-12(18(17)21)11-20-13-5-3-2-4-6-13;/h9-10,12-13,20H,2-8,11H2,1H3;1H. The predicted octanol–water partition coefficient (Wildman–Crippen LogP) is 4.44. The zero-order valence-corrected chi connectivity index (χ0v) is 15.1. The van der Waals surface area contributed by atoms with Crippen molar-refractivity contribution in [3.8, 4) is 5.75 Å². The Bertz CT molecular complexity index is 556. The first-order valence-corrected chi connectivity index (χ1v) is 8.71. The number of ether oxygens (including phenoxy) is 1. The van der Waals surface area contributed by atoms with Crippen molar-refractivity contribution in [2.45, 2.75) is 51.0 Å². The maximum atomic E-state index is 12.8. The summed E-state index contributed by atoms with van der Waals surface area (Å²) in [6.45, 7) is 0.774. The lowest BCUT2D eigenvalue weighted by Crippen LogP contribution is -2.39. The molecule has 1 aromatic rings. The number of fused-ring (bicyclic) bond motifs is 1. The molecule has 3 nitrogen and oxygen atoms in total. The summed E-state index contributed by atoms with van der Waals surface area (Å²) in [6.07, 6.45) is 8.19. The molecule has 0 amide bonds. The monoisotopic (exact) mass is 357 g/mol. The summed E-state index contributed by atoms with van der Waals surface area (Å²) in [4.78, 5) is 12.8. The van der Waals surface area contributed by atoms with Gasteiger partial charge in [0, 0.05) is 29.6 Å². The molecule has 0 radical (unpaired) electrons. The Labute approximate surface area is 149 Å². The first kappa shape index (κ1) is 18.6. The molecule has 128 valence electrons. The van der Waals surface area contributed by atoms with Gasteiger partial charge in [-0.2, -0.15) is 0 Å². The van der Waals surface area contributed by atoms with Crippen LogP contribution in [-0.2, 0) is 6.42 Å². The lowest BCUT2D eigenvalue weighted by molar-refractivity contribution is 0.0896. The molecule has 2 aliphatic rings. The van der Waals surface area contributed by atoms with Crippen LogP contribution in [0.1, 0.15) is 54.4 Å². The number of hydrogen-bond acceptors (Lipinski definition) is 3. The first-order valence-electron chi connectivity index (χ1n) is 8.33. The Morgan fingerprint density at radius 2 is 1.96 bits per heavy atom. The van der Waals surface area contributed by atoms with E-state index < -0.39 is 0 Å². The normalized spacial score (nSPS) is 21.5. The van der Waals surface area contributed by atoms with Crippen molar-refractivity contribution in [2.75, 3.05) is 13.7 Å². The highest BCUT2D eigenvalue weighted by atomic mass is 35.5. The second-order valence-electron chi connectivity index (χ2n) is 6.45. The van der Waals surface area contributed by atoms with E-state index in [1.165, 1.54) is 32.1 Å². The molecule has 23 heavy (non-hydrogen) atoms. The highest BCUT2D eigenvalue weighted by Crippen LogP contribution is 2.36. The lowest BCUT2D eigenvalue weighted by Gasteiger charge is -2.29. The number of Topliss-reactive ketones (excluding diaryl/α,β-unsaturated/α-hetero) is 1. The average molecular weight is 358 g/mol. The Morgan fingerprint density at radius 1 is 1.22 bits per heavy atom. The summed E-state index contributed by atoms with van der Waals surface area (Å²) in [5.41, 5.74) is 1.66. The maximum absolute atomic E-state index is 12.8. The summed E-state index contributed by atoms with van der Waals surface area (Å²) < 4.78 is 5.38. The maximum Gasteiger partial charge on any atom is 0.169 e. The van der Waals surface area contributed by atoms with Crippen molar-refractivity contribution in [2.24, 2.45) is 5.92 Å². The van der Waals surface area contributed by atoms with Crippen LogP contribution in [0.5, 0.6) is 5.75 Å². The van der Waals surface area contributed by atoms with Crippen LogP contribution in [0.4, 0.5) is 0 Å². The minimum absolute atomic E-state index is 0. The van der Waals surface area contributed by atoms with Gasteiger partial charge in [0.05, 0.1) is 12.1 Å². The highest BCUT2D eigenvalue weighted by Gasteiger charge is 2.31. The smallest absolute Gasteiger partial charge is 0.169 e. The fourth-order valence-corrected chi connectivity index (χ4v) is 4.04. The molecule has 1 aromatic carbocycles. The minimum Gasteiger partial charge on any atom is -0.496 e. The van der Waals surface area contributed by atoms with E-state index >= 15 is 0 Å². The van der Waals surface area contributed by atoms with Crippen molar-refractivity contribution in [1.29, 1.82) is 0 Å². The Balaban J connectivity index is 0.00000192. The van der Waals surface area contributed by atoms with Gasteiger partial charge in [0.15, 0.2) is 5.78 Å². The van der Waals surface area contributed by atoms with Gasteiger partial charge in [0.25, 0.3) is 0 Å². The molecule has 0 saturated heterocycles. The van der Waals surface area contributed by atoms with Crippen LogP contribution in [0.25, 0.3) is 0 Å². The van der Waals surface area contributed by atoms with Crippen LogP contribution in [-0.4, -0.2) is 25.5 Å². The van der Waals surface area contributed by atoms with Crippen molar-refractivity contribution in [3.05, 3.63) is 28.3 Å². The molecule has 5 heteroatoms. The van der Waals surface area contributed by atoms with Crippen LogP contribution in [0, 0.1) is 5.92 Å². The van der Waals surface area contributed by atoms with E-state index in [0.29, 0.717) is 16.6 Å². The zero-order valence-electron chi connectivity index (χ0n) is 13.6. The van der Waals surface area contributed by atoms with Crippen LogP contribution >= 0.6 is 24.0 Å². The third-order valence-corrected chi connectivity index (χ3v) is 5.37. The number of hydrogen-bond donors (Lipinski definition) is 1. The van der Waals surface area contributed by atoms with Crippen LogP contribution < -0.4 is 10.1 Å². The van der Waals surface area contributed by atoms with E-state index in [0.717, 1.165) is 30.7 Å². The van der Waals surface area contributed by atoms with E-state index in [1.807, 2.05) is 6.07 Å². The third kappa shape index (κ3) is 4.01. The molecule has 0 bridgehead atoms. The number of rotatable bonds is 4. The summed E-state index contributed by atoms with van der Waals surface area (Å²) in [5.74, 6) is 0.999. The van der Waals surface area contributed by atoms with Crippen LogP contribution in [0.3, 0.4) is 0 Å². The molecule has 1 saturated carbocycles. The minimum atomic E-state index is 0. The summed E-state index contributed by atoms with van der Waals surface area (Å²) in [6, 6.07) is 4.21. The van der Waals surface area contributed by atoms with Gasteiger partial charge in [-0.15, -0.1) is 12.4 Å². The second-order valence-corrected chi connectivity index (χ2v) is 6.85. The first-order chi connectivity index (χ1) is 10.7. The number of benzene rings is 1. The van der Waals surface area contributed by atoms with Gasteiger partial charge in [-0.05, 0) is 37.8 Å². The topological polar surface area (TPSA) is 38.3 Å². The summed E-state index contributed by atoms with van der Waals surface area (Å²) in [7, 11) is 1.64. The van der Waals surface area contributed by atoms with Gasteiger partial charge in [-0.3, -0.25) is 4.79 Å². The quantitative estimate of drug-likeness (QED) is 0.865. The van der Waals surface area contributed by atoms with Crippen molar-refractivity contribution < 1.29 is 9.53 Å². The molecule has 1 atom stereocenters. The molecule has 1 N–H and O–H groups in total.